The van der Waals surface area contributed by atoms with Crippen LogP contribution in [0.15, 0.2) is 33.8 Å². The topological polar surface area (TPSA) is 63.3 Å². The van der Waals surface area contributed by atoms with Gasteiger partial charge in [-0.1, -0.05) is 11.6 Å². The molecule has 0 radical (unpaired) electrons. The molecule has 2 rings (SSSR count). The number of hydrogen-bond acceptors (Lipinski definition) is 4. The van der Waals surface area contributed by atoms with Crippen molar-refractivity contribution in [3.05, 3.63) is 46.5 Å². The lowest BCUT2D eigenvalue weighted by Crippen LogP contribution is -1.91. The first-order valence-electron chi connectivity index (χ1n) is 5.14. The first-order valence-corrected chi connectivity index (χ1v) is 6.50. The van der Waals surface area contributed by atoms with Gasteiger partial charge in [0.2, 0.25) is 5.76 Å². The molecule has 0 aliphatic rings. The molecule has 0 aliphatic carbocycles. The molecule has 0 atom stereocenters. The number of furan rings is 1. The number of carboxylic acid groups (broad SMARTS) is 1. The minimum absolute atomic E-state index is 0.0461. The quantitative estimate of drug-likeness (QED) is 0.868. The van der Waals surface area contributed by atoms with Crippen LogP contribution in [0.1, 0.15) is 21.9 Å². The number of halogens is 1. The molecule has 0 saturated heterocycles. The van der Waals surface area contributed by atoms with E-state index in [-0.39, 0.29) is 5.76 Å². The van der Waals surface area contributed by atoms with Crippen LogP contribution in [-0.4, -0.2) is 16.1 Å². The Bertz CT molecular complexity index is 582. The van der Waals surface area contributed by atoms with E-state index in [1.165, 1.54) is 17.8 Å². The van der Waals surface area contributed by atoms with Crippen LogP contribution in [0.4, 0.5) is 0 Å². The Hall–Kier alpha value is -1.46. The fourth-order valence-corrected chi connectivity index (χ4v) is 2.60. The van der Waals surface area contributed by atoms with Gasteiger partial charge in [0.15, 0.2) is 0 Å². The zero-order valence-corrected chi connectivity index (χ0v) is 11.1. The Morgan fingerprint density at radius 2 is 2.39 bits per heavy atom. The van der Waals surface area contributed by atoms with Crippen LogP contribution in [0.2, 0.25) is 5.02 Å². The SMILES string of the molecule is Cc1oc(C(=O)O)cc1CSc1ncccc1Cl. The molecule has 1 N–H and O–H groups in total. The van der Waals surface area contributed by atoms with Gasteiger partial charge in [-0.2, -0.15) is 0 Å². The summed E-state index contributed by atoms with van der Waals surface area (Å²) in [6.45, 7) is 1.74. The molecule has 2 aromatic rings. The smallest absolute Gasteiger partial charge is 0.371 e. The van der Waals surface area contributed by atoms with Crippen molar-refractivity contribution in [2.24, 2.45) is 0 Å². The van der Waals surface area contributed by atoms with Crippen LogP contribution in [0.3, 0.4) is 0 Å². The third kappa shape index (κ3) is 2.86. The predicted molar refractivity (Wildman–Crippen MR) is 69.2 cm³/mol. The highest BCUT2D eigenvalue weighted by atomic mass is 35.5. The number of hydrogen-bond donors (Lipinski definition) is 1. The number of carboxylic acids is 1. The summed E-state index contributed by atoms with van der Waals surface area (Å²) in [5.41, 5.74) is 0.833. The van der Waals surface area contributed by atoms with Gasteiger partial charge in [0.05, 0.1) is 5.02 Å². The van der Waals surface area contributed by atoms with Gasteiger partial charge in [0.1, 0.15) is 10.8 Å². The van der Waals surface area contributed by atoms with E-state index < -0.39 is 5.97 Å². The number of aryl methyl sites for hydroxylation is 1. The van der Waals surface area contributed by atoms with Crippen LogP contribution in [0.5, 0.6) is 0 Å². The Morgan fingerprint density at radius 3 is 3.00 bits per heavy atom. The van der Waals surface area contributed by atoms with E-state index in [0.29, 0.717) is 16.5 Å². The Morgan fingerprint density at radius 1 is 1.61 bits per heavy atom. The minimum atomic E-state index is -1.06. The molecule has 0 bridgehead atoms. The molecule has 0 aromatic carbocycles. The second kappa shape index (κ2) is 5.46. The van der Waals surface area contributed by atoms with Crippen LogP contribution in [0.25, 0.3) is 0 Å². The van der Waals surface area contributed by atoms with Crippen molar-refractivity contribution in [1.29, 1.82) is 0 Å². The standard InChI is InChI=1S/C12H10ClNO3S/c1-7-8(5-10(17-7)12(15)16)6-18-11-9(13)3-2-4-14-11/h2-5H,6H2,1H3,(H,15,16). The lowest BCUT2D eigenvalue weighted by Gasteiger charge is -2.01. The number of pyridine rings is 1. The highest BCUT2D eigenvalue weighted by molar-refractivity contribution is 7.98. The third-order valence-corrected chi connectivity index (χ3v) is 3.79. The Kier molecular flexibility index (Phi) is 3.93. The van der Waals surface area contributed by atoms with E-state index >= 15 is 0 Å². The number of aromatic nitrogens is 1. The van der Waals surface area contributed by atoms with E-state index in [1.807, 2.05) is 0 Å². The fraction of sp³-hybridized carbons (Fsp3) is 0.167. The highest BCUT2D eigenvalue weighted by Crippen LogP contribution is 2.29. The van der Waals surface area contributed by atoms with Gasteiger partial charge >= 0.3 is 5.97 Å². The molecule has 6 heteroatoms. The molecule has 2 aromatic heterocycles. The molecule has 2 heterocycles. The highest BCUT2D eigenvalue weighted by Gasteiger charge is 2.13. The molecule has 0 saturated carbocycles. The molecule has 94 valence electrons. The van der Waals surface area contributed by atoms with Gasteiger partial charge in [-0.25, -0.2) is 9.78 Å². The van der Waals surface area contributed by atoms with Gasteiger partial charge in [0, 0.05) is 17.5 Å². The third-order valence-electron chi connectivity index (χ3n) is 2.32. The molecule has 0 spiro atoms. The largest absolute Gasteiger partial charge is 0.475 e. The summed E-state index contributed by atoms with van der Waals surface area (Å²) < 4.78 is 5.13. The van der Waals surface area contributed by atoms with E-state index in [4.69, 9.17) is 21.1 Å². The number of thioether (sulfide) groups is 1. The molecular formula is C12H10ClNO3S. The molecule has 0 amide bonds. The Balaban J connectivity index is 2.11. The second-order valence-electron chi connectivity index (χ2n) is 3.58. The summed E-state index contributed by atoms with van der Waals surface area (Å²) in [6.07, 6.45) is 1.67. The second-order valence-corrected chi connectivity index (χ2v) is 4.95. The van der Waals surface area contributed by atoms with Crippen molar-refractivity contribution < 1.29 is 14.3 Å². The first kappa shape index (κ1) is 13.0. The van der Waals surface area contributed by atoms with Crippen LogP contribution in [-0.2, 0) is 5.75 Å². The van der Waals surface area contributed by atoms with Gasteiger partial charge in [-0.05, 0) is 25.1 Å². The van der Waals surface area contributed by atoms with Crippen molar-refractivity contribution in [2.45, 2.75) is 17.7 Å². The predicted octanol–water partition coefficient (Wildman–Crippen LogP) is 3.63. The minimum Gasteiger partial charge on any atom is -0.475 e. The molecule has 0 fully saturated rings. The summed E-state index contributed by atoms with van der Waals surface area (Å²) in [5, 5.41) is 10.1. The van der Waals surface area contributed by atoms with Gasteiger partial charge < -0.3 is 9.52 Å². The number of nitrogens with zero attached hydrogens (tertiary/aromatic N) is 1. The number of rotatable bonds is 4. The van der Waals surface area contributed by atoms with Gasteiger partial charge in [-0.3, -0.25) is 0 Å². The van der Waals surface area contributed by atoms with Crippen LogP contribution < -0.4 is 0 Å². The maximum atomic E-state index is 10.8. The molecule has 0 aliphatic heterocycles. The maximum absolute atomic E-state index is 10.8. The summed E-state index contributed by atoms with van der Waals surface area (Å²) in [6, 6.07) is 5.06. The van der Waals surface area contributed by atoms with E-state index in [9.17, 15) is 4.79 Å². The average molecular weight is 284 g/mol. The molecule has 4 nitrogen and oxygen atoms in total. The average Bonchev–Trinajstić information content (AvgIpc) is 2.70. The van der Waals surface area contributed by atoms with Crippen molar-refractivity contribution >= 4 is 29.3 Å². The fourth-order valence-electron chi connectivity index (χ4n) is 1.39. The molecular weight excluding hydrogens is 274 g/mol. The number of carbonyl (C=O) groups is 1. The Labute approximate surface area is 113 Å². The van der Waals surface area contributed by atoms with Crippen LogP contribution in [0, 0.1) is 6.92 Å². The number of aromatic carboxylic acids is 1. The van der Waals surface area contributed by atoms with E-state index in [1.54, 1.807) is 25.3 Å². The molecule has 0 unspecified atom stereocenters. The van der Waals surface area contributed by atoms with Gasteiger partial charge in [0.25, 0.3) is 0 Å². The van der Waals surface area contributed by atoms with E-state index in [2.05, 4.69) is 4.98 Å². The lowest BCUT2D eigenvalue weighted by molar-refractivity contribution is 0.0661. The summed E-state index contributed by atoms with van der Waals surface area (Å²) >= 11 is 7.43. The molecule has 18 heavy (non-hydrogen) atoms. The van der Waals surface area contributed by atoms with E-state index in [0.717, 1.165) is 10.6 Å². The monoisotopic (exact) mass is 283 g/mol. The summed E-state index contributed by atoms with van der Waals surface area (Å²) in [7, 11) is 0. The van der Waals surface area contributed by atoms with Gasteiger partial charge in [-0.15, -0.1) is 11.8 Å². The van der Waals surface area contributed by atoms with Crippen molar-refractivity contribution in [1.82, 2.24) is 4.98 Å². The van der Waals surface area contributed by atoms with Crippen molar-refractivity contribution in [2.75, 3.05) is 0 Å². The zero-order valence-electron chi connectivity index (χ0n) is 9.51. The zero-order chi connectivity index (χ0) is 13.1. The van der Waals surface area contributed by atoms with Crippen molar-refractivity contribution in [3.8, 4) is 0 Å². The first-order chi connectivity index (χ1) is 8.58. The lowest BCUT2D eigenvalue weighted by atomic mass is 10.3. The maximum Gasteiger partial charge on any atom is 0.371 e. The van der Waals surface area contributed by atoms with Crippen LogP contribution >= 0.6 is 23.4 Å². The van der Waals surface area contributed by atoms with Crippen molar-refractivity contribution in [3.63, 3.8) is 0 Å². The summed E-state index contributed by atoms with van der Waals surface area (Å²) in [5.74, 6) is 0.0617. The normalized spacial score (nSPS) is 10.6. The summed E-state index contributed by atoms with van der Waals surface area (Å²) in [4.78, 5) is 14.9.